The van der Waals surface area contributed by atoms with E-state index in [0.717, 1.165) is 39.0 Å². The summed E-state index contributed by atoms with van der Waals surface area (Å²) in [6, 6.07) is 5.82. The molecule has 1 saturated heterocycles. The second kappa shape index (κ2) is 9.96. The maximum absolute atomic E-state index is 13.3. The van der Waals surface area contributed by atoms with E-state index in [9.17, 15) is 4.39 Å². The first-order chi connectivity index (χ1) is 8.72. The van der Waals surface area contributed by atoms with Crippen LogP contribution in [0.15, 0.2) is 22.7 Å². The monoisotopic (exact) mass is 386 g/mol. The fraction of sp³-hybridized carbons (Fsp3) is 0.571. The Kier molecular flexibility index (Phi) is 10.0. The van der Waals surface area contributed by atoms with Gasteiger partial charge in [-0.2, -0.15) is 0 Å². The minimum absolute atomic E-state index is 0. The highest BCUT2D eigenvalue weighted by molar-refractivity contribution is 9.10. The van der Waals surface area contributed by atoms with Gasteiger partial charge in [-0.25, -0.2) is 4.39 Å². The summed E-state index contributed by atoms with van der Waals surface area (Å²) in [7, 11) is 0. The van der Waals surface area contributed by atoms with Gasteiger partial charge in [0, 0.05) is 32.2 Å². The van der Waals surface area contributed by atoms with Crippen molar-refractivity contribution in [3.05, 3.63) is 34.1 Å². The number of hydrogen-bond acceptors (Lipinski definition) is 2. The molecular formula is C14H22BrCl2FN2. The van der Waals surface area contributed by atoms with E-state index < -0.39 is 0 Å². The van der Waals surface area contributed by atoms with Crippen molar-refractivity contribution in [2.24, 2.45) is 0 Å². The summed E-state index contributed by atoms with van der Waals surface area (Å²) in [5, 5.41) is 3.37. The van der Waals surface area contributed by atoms with E-state index in [4.69, 9.17) is 0 Å². The summed E-state index contributed by atoms with van der Waals surface area (Å²) in [6.07, 6.45) is 2.27. The lowest BCUT2D eigenvalue weighted by atomic mass is 10.00. The normalized spacial score (nSPS) is 16.9. The van der Waals surface area contributed by atoms with Gasteiger partial charge in [0.2, 0.25) is 0 Å². The number of halogens is 4. The summed E-state index contributed by atoms with van der Waals surface area (Å²) < 4.78 is 13.9. The number of rotatable bonds is 4. The van der Waals surface area contributed by atoms with Crippen molar-refractivity contribution in [1.29, 1.82) is 0 Å². The minimum atomic E-state index is -0.186. The Labute approximate surface area is 141 Å². The predicted octanol–water partition coefficient (Wildman–Crippen LogP) is 4.18. The lowest BCUT2D eigenvalue weighted by Gasteiger charge is -2.35. The van der Waals surface area contributed by atoms with Crippen molar-refractivity contribution < 1.29 is 4.39 Å². The van der Waals surface area contributed by atoms with Crippen LogP contribution in [0, 0.1) is 5.82 Å². The van der Waals surface area contributed by atoms with Crippen LogP contribution in [0.25, 0.3) is 0 Å². The van der Waals surface area contributed by atoms with Crippen LogP contribution < -0.4 is 5.32 Å². The Morgan fingerprint density at radius 1 is 1.30 bits per heavy atom. The SMILES string of the molecule is CCC[C@H](c1ccc(F)c(Br)c1)N1CCNCC1.Cl.Cl. The van der Waals surface area contributed by atoms with Crippen LogP contribution in [0.3, 0.4) is 0 Å². The molecule has 1 aliphatic heterocycles. The van der Waals surface area contributed by atoms with Crippen molar-refractivity contribution in [2.75, 3.05) is 26.2 Å². The van der Waals surface area contributed by atoms with Gasteiger partial charge in [0.25, 0.3) is 0 Å². The van der Waals surface area contributed by atoms with Crippen LogP contribution in [0.1, 0.15) is 31.4 Å². The Hall–Kier alpha value is 0.130. The molecule has 1 atom stereocenters. The topological polar surface area (TPSA) is 15.3 Å². The van der Waals surface area contributed by atoms with E-state index in [1.807, 2.05) is 12.1 Å². The molecule has 0 aromatic heterocycles. The molecule has 1 aromatic rings. The fourth-order valence-corrected chi connectivity index (χ4v) is 2.94. The zero-order valence-electron chi connectivity index (χ0n) is 11.6. The van der Waals surface area contributed by atoms with Crippen LogP contribution in [0.4, 0.5) is 4.39 Å². The molecule has 0 spiro atoms. The quantitative estimate of drug-likeness (QED) is 0.833. The third kappa shape index (κ3) is 5.15. The average Bonchev–Trinajstić information content (AvgIpc) is 2.40. The maximum atomic E-state index is 13.3. The van der Waals surface area contributed by atoms with Gasteiger partial charge < -0.3 is 5.32 Å². The van der Waals surface area contributed by atoms with Crippen LogP contribution in [0.5, 0.6) is 0 Å². The van der Waals surface area contributed by atoms with E-state index in [1.165, 1.54) is 5.56 Å². The zero-order chi connectivity index (χ0) is 13.0. The number of hydrogen-bond donors (Lipinski definition) is 1. The highest BCUT2D eigenvalue weighted by Gasteiger charge is 2.21. The first-order valence-corrected chi connectivity index (χ1v) is 7.41. The first kappa shape index (κ1) is 20.1. The molecule has 116 valence electrons. The van der Waals surface area contributed by atoms with Gasteiger partial charge in [0.15, 0.2) is 0 Å². The predicted molar refractivity (Wildman–Crippen MR) is 90.7 cm³/mol. The third-order valence-electron chi connectivity index (χ3n) is 3.48. The maximum Gasteiger partial charge on any atom is 0.137 e. The van der Waals surface area contributed by atoms with Gasteiger partial charge >= 0.3 is 0 Å². The van der Waals surface area contributed by atoms with E-state index >= 15 is 0 Å². The van der Waals surface area contributed by atoms with Gasteiger partial charge in [0.1, 0.15) is 5.82 Å². The largest absolute Gasteiger partial charge is 0.314 e. The summed E-state index contributed by atoms with van der Waals surface area (Å²) in [4.78, 5) is 2.50. The second-order valence-corrected chi connectivity index (χ2v) is 5.62. The molecule has 1 aliphatic rings. The Bertz CT molecular complexity index is 401. The van der Waals surface area contributed by atoms with E-state index in [0.29, 0.717) is 10.5 Å². The van der Waals surface area contributed by atoms with Crippen molar-refractivity contribution in [3.8, 4) is 0 Å². The molecule has 2 rings (SSSR count). The van der Waals surface area contributed by atoms with Crippen molar-refractivity contribution >= 4 is 40.7 Å². The number of piperazine rings is 1. The molecule has 1 heterocycles. The molecule has 0 saturated carbocycles. The number of benzene rings is 1. The smallest absolute Gasteiger partial charge is 0.137 e. The lowest BCUT2D eigenvalue weighted by molar-refractivity contribution is 0.164. The first-order valence-electron chi connectivity index (χ1n) is 6.62. The lowest BCUT2D eigenvalue weighted by Crippen LogP contribution is -2.45. The highest BCUT2D eigenvalue weighted by Crippen LogP contribution is 2.29. The molecule has 2 nitrogen and oxygen atoms in total. The Morgan fingerprint density at radius 2 is 1.95 bits per heavy atom. The van der Waals surface area contributed by atoms with Gasteiger partial charge in [-0.05, 0) is 40.0 Å². The summed E-state index contributed by atoms with van der Waals surface area (Å²) in [5.41, 5.74) is 1.21. The van der Waals surface area contributed by atoms with Crippen molar-refractivity contribution in [3.63, 3.8) is 0 Å². The van der Waals surface area contributed by atoms with Gasteiger partial charge in [-0.3, -0.25) is 4.90 Å². The average molecular weight is 388 g/mol. The third-order valence-corrected chi connectivity index (χ3v) is 4.09. The minimum Gasteiger partial charge on any atom is -0.314 e. The molecule has 0 unspecified atom stereocenters. The van der Waals surface area contributed by atoms with Crippen LogP contribution in [-0.2, 0) is 0 Å². The molecule has 0 aliphatic carbocycles. The Balaban J connectivity index is 0.00000180. The van der Waals surface area contributed by atoms with Gasteiger partial charge in [0.05, 0.1) is 4.47 Å². The molecule has 20 heavy (non-hydrogen) atoms. The molecule has 0 bridgehead atoms. The number of nitrogens with zero attached hydrogens (tertiary/aromatic N) is 1. The second-order valence-electron chi connectivity index (χ2n) is 4.76. The zero-order valence-corrected chi connectivity index (χ0v) is 14.8. The van der Waals surface area contributed by atoms with Crippen molar-refractivity contribution in [1.82, 2.24) is 10.2 Å². The summed E-state index contributed by atoms with van der Waals surface area (Å²) >= 11 is 3.28. The number of nitrogens with one attached hydrogen (secondary N) is 1. The molecule has 6 heteroatoms. The molecule has 0 radical (unpaired) electrons. The van der Waals surface area contributed by atoms with Crippen LogP contribution in [0.2, 0.25) is 0 Å². The summed E-state index contributed by atoms with van der Waals surface area (Å²) in [6.45, 7) is 6.43. The van der Waals surface area contributed by atoms with E-state index in [2.05, 4.69) is 33.1 Å². The molecule has 1 N–H and O–H groups in total. The standard InChI is InChI=1S/C14H20BrFN2.2ClH/c1-2-3-14(18-8-6-17-7-9-18)11-4-5-13(16)12(15)10-11;;/h4-5,10,14,17H,2-3,6-9H2,1H3;2*1H/t14-;;/m1../s1. The van der Waals surface area contributed by atoms with E-state index in [-0.39, 0.29) is 30.6 Å². The van der Waals surface area contributed by atoms with Gasteiger partial charge in [-0.15, -0.1) is 24.8 Å². The fourth-order valence-electron chi connectivity index (χ4n) is 2.55. The van der Waals surface area contributed by atoms with Gasteiger partial charge in [-0.1, -0.05) is 19.4 Å². The highest BCUT2D eigenvalue weighted by atomic mass is 79.9. The molecule has 0 amide bonds. The summed E-state index contributed by atoms with van der Waals surface area (Å²) in [5.74, 6) is -0.186. The Morgan fingerprint density at radius 3 is 2.50 bits per heavy atom. The molecule has 1 aromatic carbocycles. The van der Waals surface area contributed by atoms with Crippen molar-refractivity contribution in [2.45, 2.75) is 25.8 Å². The van der Waals surface area contributed by atoms with E-state index in [1.54, 1.807) is 6.07 Å². The van der Waals surface area contributed by atoms with Crippen LogP contribution >= 0.6 is 40.7 Å². The molecule has 1 fully saturated rings. The van der Waals surface area contributed by atoms with Crippen LogP contribution in [-0.4, -0.2) is 31.1 Å². The molecular weight excluding hydrogens is 366 g/mol.